The highest BCUT2D eigenvalue weighted by molar-refractivity contribution is 6.08. The molecule has 2 heterocycles. The number of piperidine rings is 1. The van der Waals surface area contributed by atoms with Crippen LogP contribution in [0.1, 0.15) is 37.2 Å². The zero-order valence-corrected chi connectivity index (χ0v) is 16.9. The van der Waals surface area contributed by atoms with Crippen molar-refractivity contribution >= 4 is 17.5 Å². The van der Waals surface area contributed by atoms with Crippen LogP contribution in [0.25, 0.3) is 0 Å². The van der Waals surface area contributed by atoms with Crippen LogP contribution in [-0.2, 0) is 9.59 Å². The summed E-state index contributed by atoms with van der Waals surface area (Å²) in [5.74, 6) is -0.508. The van der Waals surface area contributed by atoms with Crippen molar-refractivity contribution in [1.29, 1.82) is 0 Å². The van der Waals surface area contributed by atoms with Crippen LogP contribution in [0.4, 0.5) is 5.69 Å². The Morgan fingerprint density at radius 2 is 1.93 bits per heavy atom. The van der Waals surface area contributed by atoms with Crippen LogP contribution in [0, 0.1) is 11.8 Å². The fraction of sp³-hybridized carbons (Fsp3) is 0.360. The molecule has 5 rings (SSSR count). The fourth-order valence-electron chi connectivity index (χ4n) is 5.70. The Morgan fingerprint density at radius 3 is 2.73 bits per heavy atom. The van der Waals surface area contributed by atoms with Crippen molar-refractivity contribution in [1.82, 2.24) is 4.90 Å². The molecule has 2 amide bonds. The summed E-state index contributed by atoms with van der Waals surface area (Å²) in [5, 5.41) is 2.98. The van der Waals surface area contributed by atoms with Gasteiger partial charge in [-0.1, -0.05) is 48.9 Å². The van der Waals surface area contributed by atoms with Gasteiger partial charge in [-0.3, -0.25) is 14.5 Å². The SMILES string of the molecule is C=CCN1C(=O)C(C(=O)Nc2ccccc2)C2c3ccccc3OC13CCCCC23. The van der Waals surface area contributed by atoms with Gasteiger partial charge in [0, 0.05) is 30.5 Å². The molecular weight excluding hydrogens is 376 g/mol. The predicted molar refractivity (Wildman–Crippen MR) is 115 cm³/mol. The van der Waals surface area contributed by atoms with Crippen LogP contribution in [0.2, 0.25) is 0 Å². The summed E-state index contributed by atoms with van der Waals surface area (Å²) in [4.78, 5) is 29.0. The first-order chi connectivity index (χ1) is 14.7. The van der Waals surface area contributed by atoms with Gasteiger partial charge in [0.15, 0.2) is 5.72 Å². The summed E-state index contributed by atoms with van der Waals surface area (Å²) in [5.41, 5.74) is 0.984. The number of ether oxygens (including phenoxy) is 1. The highest BCUT2D eigenvalue weighted by Crippen LogP contribution is 2.58. The number of rotatable bonds is 4. The number of hydrogen-bond donors (Lipinski definition) is 1. The van der Waals surface area contributed by atoms with Crippen LogP contribution in [0.3, 0.4) is 0 Å². The number of nitrogens with zero attached hydrogens (tertiary/aromatic N) is 1. The number of carbonyl (C=O) groups is 2. The van der Waals surface area contributed by atoms with E-state index in [1.54, 1.807) is 11.0 Å². The molecule has 5 nitrogen and oxygen atoms in total. The number of carbonyl (C=O) groups excluding carboxylic acids is 2. The summed E-state index contributed by atoms with van der Waals surface area (Å²) < 4.78 is 6.60. The van der Waals surface area contributed by atoms with E-state index in [1.165, 1.54) is 0 Å². The van der Waals surface area contributed by atoms with Crippen molar-refractivity contribution in [3.8, 4) is 5.75 Å². The molecule has 1 saturated heterocycles. The lowest BCUT2D eigenvalue weighted by Crippen LogP contribution is -2.71. The van der Waals surface area contributed by atoms with E-state index in [1.807, 2.05) is 54.6 Å². The van der Waals surface area contributed by atoms with Gasteiger partial charge >= 0.3 is 0 Å². The highest BCUT2D eigenvalue weighted by atomic mass is 16.5. The summed E-state index contributed by atoms with van der Waals surface area (Å²) >= 11 is 0. The van der Waals surface area contributed by atoms with Crippen molar-refractivity contribution in [3.05, 3.63) is 72.8 Å². The lowest BCUT2D eigenvalue weighted by Gasteiger charge is -2.60. The number of para-hydroxylation sites is 2. The zero-order chi connectivity index (χ0) is 20.7. The van der Waals surface area contributed by atoms with E-state index in [0.717, 1.165) is 37.0 Å². The monoisotopic (exact) mass is 402 g/mol. The first kappa shape index (κ1) is 18.9. The Bertz CT molecular complexity index is 989. The third-order valence-electron chi connectivity index (χ3n) is 6.86. The number of anilines is 1. The molecular formula is C25H26N2O3. The fourth-order valence-corrected chi connectivity index (χ4v) is 5.70. The van der Waals surface area contributed by atoms with Crippen molar-refractivity contribution in [2.45, 2.75) is 37.3 Å². The van der Waals surface area contributed by atoms with Crippen LogP contribution in [0.15, 0.2) is 67.3 Å². The number of likely N-dealkylation sites (tertiary alicyclic amines) is 1. The molecule has 4 unspecified atom stereocenters. The van der Waals surface area contributed by atoms with Crippen LogP contribution >= 0.6 is 0 Å². The van der Waals surface area contributed by atoms with Gasteiger partial charge < -0.3 is 10.1 Å². The van der Waals surface area contributed by atoms with Crippen LogP contribution in [-0.4, -0.2) is 29.0 Å². The van der Waals surface area contributed by atoms with E-state index in [-0.39, 0.29) is 23.7 Å². The molecule has 1 saturated carbocycles. The molecule has 2 aromatic rings. The summed E-state index contributed by atoms with van der Waals surface area (Å²) in [7, 11) is 0. The van der Waals surface area contributed by atoms with Crippen molar-refractivity contribution in [2.75, 3.05) is 11.9 Å². The molecule has 4 atom stereocenters. The number of amides is 2. The minimum Gasteiger partial charge on any atom is -0.467 e. The van der Waals surface area contributed by atoms with E-state index < -0.39 is 11.6 Å². The standard InChI is InChI=1S/C25H26N2O3/c1-2-16-27-24(29)22(23(28)26-17-10-4-3-5-11-17)21-18-12-6-7-14-20(18)30-25(27)15-9-8-13-19(21)25/h2-7,10-12,14,19,21-22H,1,8-9,13,15-16H2,(H,26,28). The molecule has 30 heavy (non-hydrogen) atoms. The second kappa shape index (κ2) is 7.31. The van der Waals surface area contributed by atoms with Crippen molar-refractivity contribution in [3.63, 3.8) is 0 Å². The average Bonchev–Trinajstić information content (AvgIpc) is 2.77. The van der Waals surface area contributed by atoms with Gasteiger partial charge in [0.25, 0.3) is 0 Å². The second-order valence-corrected chi connectivity index (χ2v) is 8.43. The topological polar surface area (TPSA) is 58.6 Å². The third kappa shape index (κ3) is 2.76. The lowest BCUT2D eigenvalue weighted by molar-refractivity contribution is -0.204. The Kier molecular flexibility index (Phi) is 4.61. The smallest absolute Gasteiger partial charge is 0.239 e. The van der Waals surface area contributed by atoms with Crippen LogP contribution < -0.4 is 10.1 Å². The minimum atomic E-state index is -0.786. The molecule has 2 aliphatic heterocycles. The number of fused-ring (bicyclic) bond motifs is 2. The van der Waals surface area contributed by atoms with Crippen molar-refractivity contribution in [2.24, 2.45) is 11.8 Å². The Morgan fingerprint density at radius 1 is 1.17 bits per heavy atom. The molecule has 2 bridgehead atoms. The van der Waals surface area contributed by atoms with E-state index in [4.69, 9.17) is 4.74 Å². The number of benzene rings is 2. The summed E-state index contributed by atoms with van der Waals surface area (Å²) in [6.45, 7) is 4.24. The Labute approximate surface area is 176 Å². The molecule has 5 heteroatoms. The van der Waals surface area contributed by atoms with Gasteiger partial charge in [-0.15, -0.1) is 6.58 Å². The molecule has 154 valence electrons. The Hall–Kier alpha value is -3.08. The maximum atomic E-state index is 13.8. The molecule has 0 aromatic heterocycles. The first-order valence-electron chi connectivity index (χ1n) is 10.7. The lowest BCUT2D eigenvalue weighted by atomic mass is 9.61. The van der Waals surface area contributed by atoms with E-state index in [2.05, 4.69) is 11.9 Å². The van der Waals surface area contributed by atoms with Crippen LogP contribution in [0.5, 0.6) is 5.75 Å². The second-order valence-electron chi connectivity index (χ2n) is 8.43. The minimum absolute atomic E-state index is 0.0883. The van der Waals surface area contributed by atoms with E-state index >= 15 is 0 Å². The van der Waals surface area contributed by atoms with E-state index in [0.29, 0.717) is 12.2 Å². The molecule has 1 aliphatic carbocycles. The maximum Gasteiger partial charge on any atom is 0.239 e. The van der Waals surface area contributed by atoms with Gasteiger partial charge in [0.2, 0.25) is 11.8 Å². The average molecular weight is 402 g/mol. The molecule has 0 radical (unpaired) electrons. The Balaban J connectivity index is 1.63. The van der Waals surface area contributed by atoms with Crippen molar-refractivity contribution < 1.29 is 14.3 Å². The quantitative estimate of drug-likeness (QED) is 0.612. The molecule has 2 aromatic carbocycles. The maximum absolute atomic E-state index is 13.8. The molecule has 0 spiro atoms. The molecule has 2 fully saturated rings. The van der Waals surface area contributed by atoms with Gasteiger partial charge in [-0.2, -0.15) is 0 Å². The largest absolute Gasteiger partial charge is 0.467 e. The van der Waals surface area contributed by atoms with Gasteiger partial charge in [-0.05, 0) is 36.6 Å². The molecule has 3 aliphatic rings. The van der Waals surface area contributed by atoms with Gasteiger partial charge in [0.1, 0.15) is 11.7 Å². The van der Waals surface area contributed by atoms with Gasteiger partial charge in [-0.25, -0.2) is 0 Å². The highest BCUT2D eigenvalue weighted by Gasteiger charge is 2.64. The van der Waals surface area contributed by atoms with E-state index in [9.17, 15) is 9.59 Å². The first-order valence-corrected chi connectivity index (χ1v) is 10.7. The number of nitrogens with one attached hydrogen (secondary N) is 1. The number of hydrogen-bond acceptors (Lipinski definition) is 3. The zero-order valence-electron chi connectivity index (χ0n) is 16.9. The predicted octanol–water partition coefficient (Wildman–Crippen LogP) is 4.33. The van der Waals surface area contributed by atoms with Gasteiger partial charge in [0.05, 0.1) is 0 Å². The third-order valence-corrected chi connectivity index (χ3v) is 6.86. The summed E-state index contributed by atoms with van der Waals surface area (Å²) in [6.07, 6.45) is 5.55. The molecule has 1 N–H and O–H groups in total. The normalized spacial score (nSPS) is 29.3. The summed E-state index contributed by atoms with van der Waals surface area (Å²) in [6, 6.07) is 17.2.